The minimum absolute atomic E-state index is 0. The normalized spacial score (nSPS) is 13.1. The Kier molecular flexibility index (Phi) is 45.0. The van der Waals surface area contributed by atoms with Crippen LogP contribution in [0.1, 0.15) is 58.7 Å². The number of halogens is 12. The molecule has 674 valence electrons. The van der Waals surface area contributed by atoms with Gasteiger partial charge in [-0.15, -0.1) is 24.0 Å². The molecule has 2 saturated heterocycles. The van der Waals surface area contributed by atoms with E-state index in [-0.39, 0.29) is 110 Å². The van der Waals surface area contributed by atoms with Crippen molar-refractivity contribution in [2.45, 2.75) is 27.5 Å². The first-order valence-corrected chi connectivity index (χ1v) is 48.2. The number of carbonyl (C=O) groups is 5. The summed E-state index contributed by atoms with van der Waals surface area (Å²) < 4.78 is 17.2. The number of para-hydroxylation sites is 4. The number of amides is 3. The van der Waals surface area contributed by atoms with E-state index in [0.29, 0.717) is 80.4 Å². The van der Waals surface area contributed by atoms with E-state index in [1.54, 1.807) is 92.2 Å². The third-order valence-corrected chi connectivity index (χ3v) is 22.6. The number of piperazine rings is 2. The highest BCUT2D eigenvalue weighted by atomic mass is 127. The topological polar surface area (TPSA) is 398 Å². The van der Waals surface area contributed by atoms with E-state index in [4.69, 9.17) is 135 Å². The lowest BCUT2D eigenvalue weighted by Gasteiger charge is -2.34. The summed E-state index contributed by atoms with van der Waals surface area (Å²) in [6, 6.07) is 36.3. The maximum atomic E-state index is 13.0. The average Bonchev–Trinajstić information content (AvgIpc) is 0.780. The van der Waals surface area contributed by atoms with Gasteiger partial charge in [0.1, 0.15) is 33.0 Å². The molecule has 47 heteroatoms. The smallest absolute Gasteiger partial charge is 0.342 e. The standard InChI is InChI=1S/C23H22Cl2N6O2.C13H9Cl2N3O2S.C12H9Cl2N3O2S.C11H17N3.C8H9ClN2O2S.C6H5Cl2N.C6H6N2O3S.CH2I2.HI/c1-29-9-11-30(12-10-29)16-7-5-15(6-8-16)27-23-26-13-17-21(28-23)33-14-31(22(17)32)20-18(24)3-2-4-19(20)25;1-21-13-16-5-7-11(17-13)20-6-18(12(7)19)10-8(14)3-2-4-9(10)15;1-20-12-15-5-6(11(19)17-12)10(18)16-9-7(13)3-2-4-8(9)14;1-13-6-8-14(9-7-13)11-4-2-10(12)3-5-11;1-3-13-7(12)5-4-10-8(14-2)11-6(5)9;7-4-2-1-3-5(8)6(4)9;1-12-6-7-2-3(5(10)11)4(9)8-6;2-1-3;/h2-8,13H,9-12,14H2,1H3,(H,26,27,28);2-5H,6H2,1H3;2-5H,1H3,(H,16,18)(H,15,17,19);2-5H,6-9,12H2,1H3;4H,3H2,1-2H3;1-3H,9H2;2H,1H3,(H,10,11)(H,7,8,9);1H2;1H. The summed E-state index contributed by atoms with van der Waals surface area (Å²) in [5, 5.41) is 19.2. The number of nitrogens with zero attached hydrogens (tertiary/aromatic N) is 14. The van der Waals surface area contributed by atoms with E-state index in [0.717, 1.165) is 69.9 Å². The highest BCUT2D eigenvalue weighted by Gasteiger charge is 2.34. The number of likely N-dealkylation sites (N-methyl/N-ethyl adjacent to an activating group) is 2. The summed E-state index contributed by atoms with van der Waals surface area (Å²) in [6.45, 7) is 10.6. The quantitative estimate of drug-likeness (QED) is 0.00953. The van der Waals surface area contributed by atoms with Crippen LogP contribution in [0.2, 0.25) is 45.3 Å². The number of esters is 1. The first-order valence-electron chi connectivity index (χ1n) is 36.8. The van der Waals surface area contributed by atoms with Crippen LogP contribution in [-0.2, 0) is 4.74 Å². The number of rotatable bonds is 15. The summed E-state index contributed by atoms with van der Waals surface area (Å²) >= 11 is 63.5. The first-order chi connectivity index (χ1) is 60.3. The van der Waals surface area contributed by atoms with Crippen molar-refractivity contribution in [2.75, 3.05) is 156 Å². The number of alkyl halides is 2. The highest BCUT2D eigenvalue weighted by molar-refractivity contribution is 14.2. The number of aromatic amines is 2. The molecule has 9 N–H and O–H groups in total. The molecule has 9 heterocycles. The van der Waals surface area contributed by atoms with E-state index < -0.39 is 29.0 Å². The van der Waals surface area contributed by atoms with Gasteiger partial charge in [-0.1, -0.05) is 221 Å². The predicted octanol–water partition coefficient (Wildman–Crippen LogP) is 19.1. The van der Waals surface area contributed by atoms with Gasteiger partial charge in [-0.25, -0.2) is 39.5 Å². The van der Waals surface area contributed by atoms with Gasteiger partial charge in [-0.3, -0.25) is 33.8 Å². The number of carbonyl (C=O) groups excluding carboxylic acids is 4. The number of carboxylic acids is 1. The second kappa shape index (κ2) is 53.6. The Labute approximate surface area is 836 Å². The minimum atomic E-state index is -1.27. The number of nitrogen functional groups attached to an aromatic ring is 2. The first kappa shape index (κ1) is 106. The number of nitrogens with one attached hydrogen (secondary N) is 4. The predicted molar refractivity (Wildman–Crippen MR) is 542 cm³/mol. The van der Waals surface area contributed by atoms with Crippen LogP contribution in [0, 0.1) is 0 Å². The Morgan fingerprint density at radius 3 is 1.31 bits per heavy atom. The maximum Gasteiger partial charge on any atom is 0.342 e. The monoisotopic (exact) mass is 2320 g/mol. The molecular weight excluding hydrogens is 2250 g/mol. The summed E-state index contributed by atoms with van der Waals surface area (Å²) in [7, 11) is 4.31. The Balaban J connectivity index is 0.000000210. The molecular formula is C80H80Cl9I3N20O11S4. The second-order valence-corrected chi connectivity index (χ2v) is 36.8. The van der Waals surface area contributed by atoms with E-state index in [1.165, 1.54) is 95.4 Å². The zero-order valence-electron chi connectivity index (χ0n) is 68.1. The maximum absolute atomic E-state index is 13.0. The molecule has 0 atom stereocenters. The van der Waals surface area contributed by atoms with Crippen LogP contribution in [0.4, 0.5) is 51.4 Å². The summed E-state index contributed by atoms with van der Waals surface area (Å²) in [6.07, 6.45) is 13.7. The largest absolute Gasteiger partial charge is 0.477 e. The fourth-order valence-corrected chi connectivity index (χ4v) is 14.7. The van der Waals surface area contributed by atoms with Gasteiger partial charge >= 0.3 is 11.9 Å². The number of H-pyrrole nitrogens is 2. The molecule has 2 fully saturated rings. The molecule has 0 spiro atoms. The number of thioether (sulfide) groups is 4. The van der Waals surface area contributed by atoms with Gasteiger partial charge in [-0.2, -0.15) is 9.97 Å². The van der Waals surface area contributed by atoms with Crippen molar-refractivity contribution in [1.82, 2.24) is 59.6 Å². The summed E-state index contributed by atoms with van der Waals surface area (Å²) in [5.41, 5.74) is 15.9. The zero-order chi connectivity index (χ0) is 91.8. The number of hydrogen-bond acceptors (Lipinski definition) is 29. The van der Waals surface area contributed by atoms with Gasteiger partial charge in [0.15, 0.2) is 34.1 Å². The van der Waals surface area contributed by atoms with Crippen molar-refractivity contribution in [3.63, 3.8) is 0 Å². The molecule has 0 radical (unpaired) electrons. The van der Waals surface area contributed by atoms with Gasteiger partial charge < -0.3 is 71.0 Å². The summed E-state index contributed by atoms with van der Waals surface area (Å²) in [5.74, 6) is -2.17. The molecule has 0 saturated carbocycles. The number of carboxylic acid groups (broad SMARTS) is 1. The molecule has 127 heavy (non-hydrogen) atoms. The molecule has 6 aromatic carbocycles. The van der Waals surface area contributed by atoms with Crippen LogP contribution >= 0.6 is 221 Å². The second-order valence-electron chi connectivity index (χ2n) is 25.6. The van der Waals surface area contributed by atoms with E-state index in [1.807, 2.05) is 36.8 Å². The molecule has 4 aliphatic rings. The number of aromatic carboxylic acids is 1. The van der Waals surface area contributed by atoms with E-state index in [2.05, 4.69) is 164 Å². The van der Waals surface area contributed by atoms with Crippen molar-refractivity contribution in [3.05, 3.63) is 246 Å². The van der Waals surface area contributed by atoms with Crippen LogP contribution in [-0.4, -0.2) is 208 Å². The van der Waals surface area contributed by atoms with Crippen LogP contribution in [0.5, 0.6) is 11.8 Å². The van der Waals surface area contributed by atoms with Gasteiger partial charge in [0.2, 0.25) is 17.7 Å². The van der Waals surface area contributed by atoms with Crippen LogP contribution in [0.3, 0.4) is 0 Å². The SMILES string of the molecule is CCOC(=O)c1cnc(SC)nc1Cl.CN1CCN(c2ccc(N)cc2)CC1.CN1CCN(c2ccc(Nc3ncc4c(n3)OCN(c3c(Cl)cccc3Cl)C4=O)cc2)CC1.CSc1ncc(C(=O)Nc2c(Cl)cccc2Cl)c(=O)[nH]1.CSc1ncc(C(=O)O)c(=O)[nH]1.CSc1ncc2c(n1)OCN(c1c(Cl)cccc1Cl)C2=O.I.ICI.Nc1c(Cl)cccc1Cl. The molecule has 3 amide bonds. The number of hydrogen-bond donors (Lipinski definition) is 7. The van der Waals surface area contributed by atoms with Gasteiger partial charge in [0.05, 0.1) is 72.0 Å². The fourth-order valence-electron chi connectivity index (χ4n) is 11.0. The number of anilines is 9. The summed E-state index contributed by atoms with van der Waals surface area (Å²) in [4.78, 5) is 131. The van der Waals surface area contributed by atoms with Gasteiger partial charge in [0, 0.05) is 106 Å². The molecule has 4 aliphatic heterocycles. The zero-order valence-corrected chi connectivity index (χ0v) is 84.8. The van der Waals surface area contributed by atoms with Gasteiger partial charge in [-0.05, 0) is 143 Å². The van der Waals surface area contributed by atoms with Crippen molar-refractivity contribution in [3.8, 4) is 11.8 Å². The Morgan fingerprint density at radius 2 is 0.906 bits per heavy atom. The average molecular weight is 2330 g/mol. The number of fused-ring (bicyclic) bond motifs is 2. The Morgan fingerprint density at radius 1 is 0.512 bits per heavy atom. The van der Waals surface area contributed by atoms with Crippen molar-refractivity contribution in [1.29, 1.82) is 0 Å². The van der Waals surface area contributed by atoms with Crippen LogP contribution in [0.25, 0.3) is 0 Å². The number of benzene rings is 6. The molecule has 15 rings (SSSR count). The van der Waals surface area contributed by atoms with Gasteiger partial charge in [0.25, 0.3) is 28.8 Å². The fraction of sp³-hybridized carbons (Fsp3) is 0.237. The molecule has 0 aliphatic carbocycles. The number of ether oxygens (including phenoxy) is 3. The van der Waals surface area contributed by atoms with Crippen LogP contribution < -0.4 is 62.3 Å². The van der Waals surface area contributed by atoms with Crippen molar-refractivity contribution in [2.24, 2.45) is 0 Å². The lowest BCUT2D eigenvalue weighted by molar-refractivity contribution is 0.0524. The third kappa shape index (κ3) is 31.3. The van der Waals surface area contributed by atoms with Crippen molar-refractivity contribution >= 4 is 302 Å². The third-order valence-electron chi connectivity index (χ3n) is 17.5. The molecule has 5 aromatic heterocycles. The highest BCUT2D eigenvalue weighted by Crippen LogP contribution is 2.40. The van der Waals surface area contributed by atoms with Crippen LogP contribution in [0.15, 0.2) is 183 Å². The molecule has 0 unspecified atom stereocenters. The van der Waals surface area contributed by atoms with E-state index in [9.17, 15) is 33.6 Å². The lowest BCUT2D eigenvalue weighted by atomic mass is 10.2. The lowest BCUT2D eigenvalue weighted by Crippen LogP contribution is -2.44. The molecule has 0 bridgehead atoms. The molecule has 11 aromatic rings. The Hall–Kier alpha value is -7.61. The molecule has 31 nitrogen and oxygen atoms in total. The number of aromatic nitrogens is 10. The Bertz CT molecular complexity index is 5640. The minimum Gasteiger partial charge on any atom is -0.477 e. The number of nitrogens with two attached hydrogens (primary N) is 2. The van der Waals surface area contributed by atoms with Crippen molar-refractivity contribution < 1.29 is 43.3 Å². The van der Waals surface area contributed by atoms with E-state index >= 15 is 0 Å².